The van der Waals surface area contributed by atoms with Crippen LogP contribution in [-0.4, -0.2) is 40.5 Å². The van der Waals surface area contributed by atoms with Crippen molar-refractivity contribution in [3.63, 3.8) is 0 Å². The maximum atomic E-state index is 13.0. The second kappa shape index (κ2) is 7.54. The van der Waals surface area contributed by atoms with E-state index in [1.54, 1.807) is 24.7 Å². The van der Waals surface area contributed by atoms with E-state index >= 15 is 0 Å². The number of nitrogens with zero attached hydrogens (tertiary/aromatic N) is 3. The van der Waals surface area contributed by atoms with Crippen molar-refractivity contribution in [2.45, 2.75) is 18.4 Å². The van der Waals surface area contributed by atoms with E-state index in [4.69, 9.17) is 4.74 Å². The smallest absolute Gasteiger partial charge is 0.255 e. The monoisotopic (exact) mass is 386 g/mol. The fourth-order valence-corrected chi connectivity index (χ4v) is 4.06. The molecule has 0 spiro atoms. The predicted octanol–water partition coefficient (Wildman–Crippen LogP) is 3.65. The number of ether oxygens (including phenoxy) is 1. The zero-order valence-electron chi connectivity index (χ0n) is 16.0. The Morgan fingerprint density at radius 3 is 2.76 bits per heavy atom. The molecule has 1 N–H and O–H groups in total. The van der Waals surface area contributed by atoms with Gasteiger partial charge in [-0.2, -0.15) is 0 Å². The molecule has 29 heavy (non-hydrogen) atoms. The summed E-state index contributed by atoms with van der Waals surface area (Å²) in [6.07, 6.45) is 6.22. The molecule has 6 heteroatoms. The Hall–Kier alpha value is -3.41. The van der Waals surface area contributed by atoms with Crippen LogP contribution in [0.4, 0.5) is 5.82 Å². The molecule has 1 unspecified atom stereocenters. The summed E-state index contributed by atoms with van der Waals surface area (Å²) in [5.41, 5.74) is 2.96. The average molecular weight is 386 g/mol. The number of likely N-dealkylation sites (tertiary alicyclic amines) is 1. The van der Waals surface area contributed by atoms with E-state index in [1.165, 1.54) is 5.56 Å². The van der Waals surface area contributed by atoms with Crippen molar-refractivity contribution in [3.8, 4) is 5.75 Å². The fraction of sp³-hybridized carbons (Fsp3) is 0.261. The Morgan fingerprint density at radius 2 is 1.93 bits per heavy atom. The van der Waals surface area contributed by atoms with E-state index in [0.29, 0.717) is 29.7 Å². The summed E-state index contributed by atoms with van der Waals surface area (Å²) in [4.78, 5) is 23.4. The molecule has 1 amide bonds. The summed E-state index contributed by atoms with van der Waals surface area (Å²) >= 11 is 0. The van der Waals surface area contributed by atoms with Crippen molar-refractivity contribution in [1.82, 2.24) is 14.9 Å². The van der Waals surface area contributed by atoms with Crippen molar-refractivity contribution < 1.29 is 9.53 Å². The minimum Gasteiger partial charge on any atom is -0.487 e. The van der Waals surface area contributed by atoms with Gasteiger partial charge in [0.1, 0.15) is 6.61 Å². The third-order valence-electron chi connectivity index (χ3n) is 5.67. The number of rotatable bonds is 3. The maximum Gasteiger partial charge on any atom is 0.255 e. The zero-order valence-corrected chi connectivity index (χ0v) is 16.0. The number of benzene rings is 1. The molecule has 2 aliphatic rings. The molecular formula is C23H22N4O2. The molecule has 4 heterocycles. The third-order valence-corrected chi connectivity index (χ3v) is 5.67. The quantitative estimate of drug-likeness (QED) is 0.744. The van der Waals surface area contributed by atoms with E-state index in [9.17, 15) is 4.79 Å². The van der Waals surface area contributed by atoms with E-state index < -0.39 is 0 Å². The first-order chi connectivity index (χ1) is 14.3. The van der Waals surface area contributed by atoms with Gasteiger partial charge in [0.2, 0.25) is 0 Å². The number of pyridine rings is 2. The number of anilines is 1. The Bertz CT molecular complexity index is 1010. The molecule has 3 aromatic rings. The first-order valence-electron chi connectivity index (χ1n) is 9.91. The van der Waals surface area contributed by atoms with Gasteiger partial charge in [-0.15, -0.1) is 0 Å². The SMILES string of the molecule is O=C(c1cnc2c(c1)OC[C@H](c1ccccc1)N2)N1CCC(c2ccncc2)C1. The molecule has 0 saturated carbocycles. The van der Waals surface area contributed by atoms with Gasteiger partial charge >= 0.3 is 0 Å². The standard InChI is InChI=1S/C23H22N4O2/c28-23(27-11-8-18(14-27)16-6-9-24-10-7-16)19-12-21-22(25-13-19)26-20(15-29-21)17-4-2-1-3-5-17/h1-7,9-10,12-13,18,20H,8,11,14-15H2,(H,25,26)/t18?,20-/m1/s1. The molecule has 0 aliphatic carbocycles. The number of nitrogens with one attached hydrogen (secondary N) is 1. The second-order valence-electron chi connectivity index (χ2n) is 7.51. The van der Waals surface area contributed by atoms with Gasteiger partial charge in [0.15, 0.2) is 11.6 Å². The van der Waals surface area contributed by atoms with Gasteiger partial charge in [0, 0.05) is 37.6 Å². The molecule has 2 atom stereocenters. The molecular weight excluding hydrogens is 364 g/mol. The summed E-state index contributed by atoms with van der Waals surface area (Å²) < 4.78 is 5.93. The van der Waals surface area contributed by atoms with Gasteiger partial charge in [0.25, 0.3) is 5.91 Å². The summed E-state index contributed by atoms with van der Waals surface area (Å²) in [7, 11) is 0. The van der Waals surface area contributed by atoms with Gasteiger partial charge in [-0.1, -0.05) is 30.3 Å². The second-order valence-corrected chi connectivity index (χ2v) is 7.51. The molecule has 1 fully saturated rings. The minimum absolute atomic E-state index is 0.00522. The van der Waals surface area contributed by atoms with E-state index in [-0.39, 0.29) is 11.9 Å². The average Bonchev–Trinajstić information content (AvgIpc) is 3.29. The van der Waals surface area contributed by atoms with Gasteiger partial charge in [-0.25, -0.2) is 4.98 Å². The van der Waals surface area contributed by atoms with Crippen molar-refractivity contribution in [2.75, 3.05) is 25.0 Å². The van der Waals surface area contributed by atoms with Crippen molar-refractivity contribution >= 4 is 11.7 Å². The van der Waals surface area contributed by atoms with Crippen LogP contribution < -0.4 is 10.1 Å². The Labute approximate surface area is 169 Å². The summed E-state index contributed by atoms with van der Waals surface area (Å²) in [6, 6.07) is 16.1. The van der Waals surface area contributed by atoms with E-state index in [2.05, 4.69) is 27.4 Å². The van der Waals surface area contributed by atoms with Crippen LogP contribution in [0.3, 0.4) is 0 Å². The molecule has 5 rings (SSSR count). The van der Waals surface area contributed by atoms with Crippen LogP contribution >= 0.6 is 0 Å². The van der Waals surface area contributed by atoms with Gasteiger partial charge in [-0.3, -0.25) is 9.78 Å². The van der Waals surface area contributed by atoms with Gasteiger partial charge in [-0.05, 0) is 35.7 Å². The highest BCUT2D eigenvalue weighted by Crippen LogP contribution is 2.33. The van der Waals surface area contributed by atoms with Crippen LogP contribution in [0.1, 0.15) is 39.9 Å². The van der Waals surface area contributed by atoms with Crippen LogP contribution in [-0.2, 0) is 0 Å². The molecule has 146 valence electrons. The molecule has 1 aromatic carbocycles. The number of hydrogen-bond acceptors (Lipinski definition) is 5. The number of carbonyl (C=O) groups excluding carboxylic acids is 1. The topological polar surface area (TPSA) is 67.3 Å². The predicted molar refractivity (Wildman–Crippen MR) is 110 cm³/mol. The lowest BCUT2D eigenvalue weighted by Crippen LogP contribution is -2.29. The maximum absolute atomic E-state index is 13.0. The van der Waals surface area contributed by atoms with Crippen LogP contribution in [0.2, 0.25) is 0 Å². The van der Waals surface area contributed by atoms with Crippen LogP contribution in [0.15, 0.2) is 67.1 Å². The molecule has 0 bridgehead atoms. The van der Waals surface area contributed by atoms with Crippen molar-refractivity contribution in [1.29, 1.82) is 0 Å². The highest BCUT2D eigenvalue weighted by molar-refractivity contribution is 5.95. The van der Waals surface area contributed by atoms with Gasteiger partial charge < -0.3 is 15.0 Å². The van der Waals surface area contributed by atoms with Crippen molar-refractivity contribution in [2.24, 2.45) is 0 Å². The molecule has 0 radical (unpaired) electrons. The third kappa shape index (κ3) is 3.53. The zero-order chi connectivity index (χ0) is 19.6. The lowest BCUT2D eigenvalue weighted by Gasteiger charge is -2.27. The number of aromatic nitrogens is 2. The number of hydrogen-bond donors (Lipinski definition) is 1. The lowest BCUT2D eigenvalue weighted by atomic mass is 10.00. The molecule has 2 aromatic heterocycles. The molecule has 2 aliphatic heterocycles. The summed E-state index contributed by atoms with van der Waals surface area (Å²) in [6.45, 7) is 1.97. The first kappa shape index (κ1) is 17.7. The number of fused-ring (bicyclic) bond motifs is 1. The Morgan fingerprint density at radius 1 is 1.10 bits per heavy atom. The summed E-state index contributed by atoms with van der Waals surface area (Å²) in [5, 5.41) is 3.41. The van der Waals surface area contributed by atoms with Crippen LogP contribution in [0.5, 0.6) is 5.75 Å². The normalized spacial score (nSPS) is 20.5. The van der Waals surface area contributed by atoms with Crippen molar-refractivity contribution in [3.05, 3.63) is 83.8 Å². The van der Waals surface area contributed by atoms with E-state index in [1.807, 2.05) is 35.2 Å². The minimum atomic E-state index is 0.00522. The Balaban J connectivity index is 1.29. The molecule has 6 nitrogen and oxygen atoms in total. The largest absolute Gasteiger partial charge is 0.487 e. The fourth-order valence-electron chi connectivity index (χ4n) is 4.06. The van der Waals surface area contributed by atoms with Crippen LogP contribution in [0.25, 0.3) is 0 Å². The summed E-state index contributed by atoms with van der Waals surface area (Å²) in [5.74, 6) is 1.67. The Kier molecular flexibility index (Phi) is 4.60. The number of amides is 1. The van der Waals surface area contributed by atoms with E-state index in [0.717, 1.165) is 25.1 Å². The first-order valence-corrected chi connectivity index (χ1v) is 9.91. The lowest BCUT2D eigenvalue weighted by molar-refractivity contribution is 0.0790. The van der Waals surface area contributed by atoms with Crippen LogP contribution in [0, 0.1) is 0 Å². The number of carbonyl (C=O) groups is 1. The highest BCUT2D eigenvalue weighted by atomic mass is 16.5. The molecule has 1 saturated heterocycles. The van der Waals surface area contributed by atoms with Gasteiger partial charge in [0.05, 0.1) is 11.6 Å². The highest BCUT2D eigenvalue weighted by Gasteiger charge is 2.29.